The second-order valence-electron chi connectivity index (χ2n) is 5.97. The Bertz CT molecular complexity index is 795. The van der Waals surface area contributed by atoms with E-state index in [1.165, 1.54) is 12.8 Å². The quantitative estimate of drug-likeness (QED) is 0.935. The molecule has 6 heteroatoms. The van der Waals surface area contributed by atoms with Crippen LogP contribution in [-0.4, -0.2) is 26.5 Å². The molecule has 0 bridgehead atoms. The largest absolute Gasteiger partial charge is 0.370 e. The minimum Gasteiger partial charge on any atom is -0.370 e. The van der Waals surface area contributed by atoms with Gasteiger partial charge in [-0.25, -0.2) is 13.4 Å². The molecule has 23 heavy (non-hydrogen) atoms. The van der Waals surface area contributed by atoms with Crippen LogP contribution in [-0.2, 0) is 10.0 Å². The summed E-state index contributed by atoms with van der Waals surface area (Å²) in [5, 5.41) is 0. The molecule has 1 aromatic carbocycles. The summed E-state index contributed by atoms with van der Waals surface area (Å²) >= 11 is 0. The van der Waals surface area contributed by atoms with Crippen molar-refractivity contribution in [2.75, 3.05) is 22.7 Å². The fraction of sp³-hybridized carbons (Fsp3) is 0.353. The Labute approximate surface area is 137 Å². The van der Waals surface area contributed by atoms with Crippen LogP contribution in [0.1, 0.15) is 24.0 Å². The van der Waals surface area contributed by atoms with Gasteiger partial charge in [-0.15, -0.1) is 0 Å². The third kappa shape index (κ3) is 3.47. The van der Waals surface area contributed by atoms with Crippen molar-refractivity contribution in [3.8, 4) is 0 Å². The Morgan fingerprint density at radius 3 is 2.43 bits per heavy atom. The fourth-order valence-corrected chi connectivity index (χ4v) is 4.14. The van der Waals surface area contributed by atoms with Crippen LogP contribution < -0.4 is 9.62 Å². The summed E-state index contributed by atoms with van der Waals surface area (Å²) in [7, 11) is -3.62. The lowest BCUT2D eigenvalue weighted by molar-refractivity contribution is 0.600. The van der Waals surface area contributed by atoms with Gasteiger partial charge in [0.25, 0.3) is 10.0 Å². The van der Waals surface area contributed by atoms with Gasteiger partial charge in [0, 0.05) is 13.1 Å². The van der Waals surface area contributed by atoms with Crippen molar-refractivity contribution in [3.63, 3.8) is 0 Å². The van der Waals surface area contributed by atoms with Crippen molar-refractivity contribution in [1.29, 1.82) is 0 Å². The van der Waals surface area contributed by atoms with Crippen LogP contribution in [0.15, 0.2) is 41.4 Å². The summed E-state index contributed by atoms with van der Waals surface area (Å²) in [4.78, 5) is 6.79. The number of hydrogen-bond acceptors (Lipinski definition) is 4. The van der Waals surface area contributed by atoms with Crippen molar-refractivity contribution in [1.82, 2.24) is 4.98 Å². The Kier molecular flexibility index (Phi) is 4.26. The molecule has 1 aliphatic heterocycles. The van der Waals surface area contributed by atoms with Crippen molar-refractivity contribution in [2.24, 2.45) is 0 Å². The Hall–Kier alpha value is -2.08. The maximum Gasteiger partial charge on any atom is 0.263 e. The molecular formula is C17H21N3O2S. The summed E-state index contributed by atoms with van der Waals surface area (Å²) in [5.41, 5.74) is 2.80. The molecular weight excluding hydrogens is 310 g/mol. The van der Waals surface area contributed by atoms with Crippen LogP contribution in [0.2, 0.25) is 0 Å². The molecule has 3 rings (SSSR count). The van der Waals surface area contributed by atoms with Gasteiger partial charge >= 0.3 is 0 Å². The number of benzene rings is 1. The molecule has 1 fully saturated rings. The first-order valence-corrected chi connectivity index (χ1v) is 9.25. The van der Waals surface area contributed by atoms with Crippen LogP contribution in [0.4, 0.5) is 11.5 Å². The van der Waals surface area contributed by atoms with Crippen LogP contribution >= 0.6 is 0 Å². The molecule has 2 aromatic rings. The van der Waals surface area contributed by atoms with Crippen LogP contribution in [0, 0.1) is 13.8 Å². The minimum atomic E-state index is -3.62. The van der Waals surface area contributed by atoms with E-state index in [1.54, 1.807) is 31.3 Å². The van der Waals surface area contributed by atoms with E-state index in [-0.39, 0.29) is 4.90 Å². The Balaban J connectivity index is 1.80. The number of sulfonamides is 1. The van der Waals surface area contributed by atoms with E-state index in [0.717, 1.165) is 29.9 Å². The molecule has 0 aliphatic carbocycles. The van der Waals surface area contributed by atoms with Crippen LogP contribution in [0.5, 0.6) is 0 Å². The first kappa shape index (κ1) is 15.8. The molecule has 122 valence electrons. The monoisotopic (exact) mass is 331 g/mol. The molecule has 0 atom stereocenters. The van der Waals surface area contributed by atoms with Gasteiger partial charge in [0.05, 0.1) is 16.8 Å². The molecule has 1 aliphatic rings. The molecule has 0 spiro atoms. The zero-order chi connectivity index (χ0) is 16.4. The summed E-state index contributed by atoms with van der Waals surface area (Å²) in [6, 6.07) is 8.92. The van der Waals surface area contributed by atoms with Crippen molar-refractivity contribution in [2.45, 2.75) is 31.6 Å². The topological polar surface area (TPSA) is 62.3 Å². The summed E-state index contributed by atoms with van der Waals surface area (Å²) in [6.07, 6.45) is 4.12. The highest BCUT2D eigenvalue weighted by molar-refractivity contribution is 7.92. The molecule has 0 amide bonds. The second kappa shape index (κ2) is 6.20. The molecule has 1 N–H and O–H groups in total. The van der Waals surface area contributed by atoms with Gasteiger partial charge in [0.1, 0.15) is 5.82 Å². The molecule has 0 unspecified atom stereocenters. The van der Waals surface area contributed by atoms with Crippen LogP contribution in [0.25, 0.3) is 0 Å². The zero-order valence-corrected chi connectivity index (χ0v) is 14.2. The maximum absolute atomic E-state index is 12.5. The lowest BCUT2D eigenvalue weighted by Gasteiger charge is -2.17. The van der Waals surface area contributed by atoms with Gasteiger partial charge in [-0.05, 0) is 50.5 Å². The Morgan fingerprint density at radius 1 is 1.09 bits per heavy atom. The van der Waals surface area contributed by atoms with Crippen LogP contribution in [0.3, 0.4) is 0 Å². The number of aromatic nitrogens is 1. The summed E-state index contributed by atoms with van der Waals surface area (Å²) < 4.78 is 27.6. The minimum absolute atomic E-state index is 0.286. The van der Waals surface area contributed by atoms with E-state index in [1.807, 2.05) is 19.1 Å². The molecule has 0 saturated carbocycles. The number of nitrogens with zero attached hydrogens (tertiary/aromatic N) is 2. The van der Waals surface area contributed by atoms with Gasteiger partial charge < -0.3 is 4.90 Å². The average molecular weight is 331 g/mol. The van der Waals surface area contributed by atoms with E-state index in [2.05, 4.69) is 14.6 Å². The number of anilines is 2. The fourth-order valence-electron chi connectivity index (χ4n) is 2.90. The molecule has 1 aromatic heterocycles. The van der Waals surface area contributed by atoms with Gasteiger partial charge in [0.15, 0.2) is 0 Å². The summed E-state index contributed by atoms with van der Waals surface area (Å²) in [6.45, 7) is 5.81. The van der Waals surface area contributed by atoms with E-state index in [4.69, 9.17) is 0 Å². The van der Waals surface area contributed by atoms with E-state index in [0.29, 0.717) is 5.82 Å². The SMILES string of the molecule is Cc1ccc(S(=O)(=O)Nc2ccc(N3CCCC3)cn2)c(C)c1. The first-order chi connectivity index (χ1) is 11.0. The number of pyridine rings is 1. The lowest BCUT2D eigenvalue weighted by atomic mass is 10.2. The zero-order valence-electron chi connectivity index (χ0n) is 13.4. The van der Waals surface area contributed by atoms with Crippen molar-refractivity contribution >= 4 is 21.5 Å². The van der Waals surface area contributed by atoms with E-state index >= 15 is 0 Å². The van der Waals surface area contributed by atoms with Gasteiger partial charge in [-0.2, -0.15) is 0 Å². The van der Waals surface area contributed by atoms with Gasteiger partial charge in [0.2, 0.25) is 0 Å². The highest BCUT2D eigenvalue weighted by Crippen LogP contribution is 2.22. The normalized spacial score (nSPS) is 15.0. The summed E-state index contributed by atoms with van der Waals surface area (Å²) in [5.74, 6) is 0.341. The smallest absolute Gasteiger partial charge is 0.263 e. The van der Waals surface area contributed by atoms with Gasteiger partial charge in [-0.1, -0.05) is 17.7 Å². The maximum atomic E-state index is 12.5. The molecule has 5 nitrogen and oxygen atoms in total. The number of aryl methyl sites for hydroxylation is 2. The van der Waals surface area contributed by atoms with E-state index in [9.17, 15) is 8.42 Å². The van der Waals surface area contributed by atoms with E-state index < -0.39 is 10.0 Å². The number of rotatable bonds is 4. The third-order valence-corrected chi connectivity index (χ3v) is 5.59. The second-order valence-corrected chi connectivity index (χ2v) is 7.62. The molecule has 1 saturated heterocycles. The molecule has 0 radical (unpaired) electrons. The highest BCUT2D eigenvalue weighted by atomic mass is 32.2. The molecule has 2 heterocycles. The predicted molar refractivity (Wildman–Crippen MR) is 92.4 cm³/mol. The standard InChI is InChI=1S/C17H21N3O2S/c1-13-5-7-16(14(2)11-13)23(21,22)19-17-8-6-15(12-18-17)20-9-3-4-10-20/h5-8,11-12H,3-4,9-10H2,1-2H3,(H,18,19). The average Bonchev–Trinajstić information content (AvgIpc) is 3.01. The highest BCUT2D eigenvalue weighted by Gasteiger charge is 2.18. The predicted octanol–water partition coefficient (Wildman–Crippen LogP) is 3.10. The number of hydrogen-bond donors (Lipinski definition) is 1. The lowest BCUT2D eigenvalue weighted by Crippen LogP contribution is -2.18. The Morgan fingerprint density at radius 2 is 1.83 bits per heavy atom. The first-order valence-electron chi connectivity index (χ1n) is 7.77. The van der Waals surface area contributed by atoms with Crippen molar-refractivity contribution in [3.05, 3.63) is 47.7 Å². The van der Waals surface area contributed by atoms with Gasteiger partial charge in [-0.3, -0.25) is 4.72 Å². The number of nitrogens with one attached hydrogen (secondary N) is 1. The third-order valence-electron chi connectivity index (χ3n) is 4.08. The van der Waals surface area contributed by atoms with Crippen molar-refractivity contribution < 1.29 is 8.42 Å².